The Hall–Kier alpha value is -1.62. The average molecular weight is 376 g/mol. The first kappa shape index (κ1) is 17.7. The highest BCUT2D eigenvalue weighted by atomic mass is 35.5. The third-order valence-electron chi connectivity index (χ3n) is 2.49. The van der Waals surface area contributed by atoms with Crippen molar-refractivity contribution in [3.63, 3.8) is 0 Å². The summed E-state index contributed by atoms with van der Waals surface area (Å²) in [5.74, 6) is -1.83. The van der Waals surface area contributed by atoms with Gasteiger partial charge in [-0.3, -0.25) is 4.40 Å². The molecule has 0 saturated carbocycles. The zero-order chi connectivity index (χ0) is 17.4. The number of pyridine rings is 1. The highest BCUT2D eigenvalue weighted by molar-refractivity contribution is 8.00. The predicted octanol–water partition coefficient (Wildman–Crippen LogP) is 3.65. The molecule has 0 aliphatic heterocycles. The van der Waals surface area contributed by atoms with Crippen LogP contribution in [0, 0.1) is 0 Å². The molecule has 0 aromatic carbocycles. The van der Waals surface area contributed by atoms with Gasteiger partial charge in [-0.2, -0.15) is 22.0 Å². The summed E-state index contributed by atoms with van der Waals surface area (Å²) in [5, 5.41) is 1.69. The number of ether oxygens (including phenoxy) is 1. The Kier molecular flexibility index (Phi) is 4.71. The van der Waals surface area contributed by atoms with E-state index in [1.54, 1.807) is 0 Å². The summed E-state index contributed by atoms with van der Waals surface area (Å²) in [5.41, 5.74) is -1.42. The third kappa shape index (κ3) is 3.66. The molecule has 12 heteroatoms. The van der Waals surface area contributed by atoms with Gasteiger partial charge in [0.2, 0.25) is 5.16 Å². The van der Waals surface area contributed by atoms with Crippen LogP contribution in [-0.2, 0) is 15.7 Å². The monoisotopic (exact) mass is 375 g/mol. The average Bonchev–Trinajstić information content (AvgIpc) is 2.81. The molecule has 0 fully saturated rings. The molecule has 126 valence electrons. The van der Waals surface area contributed by atoms with E-state index in [4.69, 9.17) is 11.6 Å². The zero-order valence-corrected chi connectivity index (χ0v) is 12.8. The Morgan fingerprint density at radius 3 is 2.57 bits per heavy atom. The van der Waals surface area contributed by atoms with Gasteiger partial charge in [-0.15, -0.1) is 10.2 Å². The van der Waals surface area contributed by atoms with Gasteiger partial charge in [-0.05, 0) is 13.0 Å². The first-order valence-electron chi connectivity index (χ1n) is 5.91. The molecule has 0 amide bonds. The van der Waals surface area contributed by atoms with E-state index >= 15 is 0 Å². The Morgan fingerprint density at radius 2 is 2.00 bits per heavy atom. The number of halogens is 6. The Balaban J connectivity index is 2.46. The van der Waals surface area contributed by atoms with E-state index in [1.165, 1.54) is 6.92 Å². The van der Waals surface area contributed by atoms with Crippen molar-refractivity contribution in [2.45, 2.75) is 23.5 Å². The maximum Gasteiger partial charge on any atom is 0.417 e. The molecule has 0 atom stereocenters. The molecule has 0 saturated heterocycles. The number of nitrogens with zero attached hydrogens (tertiary/aromatic N) is 3. The Bertz CT molecular complexity index is 749. The molecule has 0 aliphatic rings. The van der Waals surface area contributed by atoms with Gasteiger partial charge in [0.05, 0.1) is 17.2 Å². The second-order valence-corrected chi connectivity index (χ2v) is 5.58. The topological polar surface area (TPSA) is 56.5 Å². The summed E-state index contributed by atoms with van der Waals surface area (Å²) in [6, 6.07) is 0.601. The number of carbonyl (C=O) groups excluding carboxylic acids is 1. The zero-order valence-electron chi connectivity index (χ0n) is 11.2. The van der Waals surface area contributed by atoms with Crippen LogP contribution in [0.1, 0.15) is 12.5 Å². The molecule has 2 aromatic heterocycles. The van der Waals surface area contributed by atoms with Gasteiger partial charge < -0.3 is 4.74 Å². The van der Waals surface area contributed by atoms with Crippen LogP contribution in [0.5, 0.6) is 0 Å². The molecule has 23 heavy (non-hydrogen) atoms. The molecule has 0 unspecified atom stereocenters. The number of thioether (sulfide) groups is 1. The lowest BCUT2D eigenvalue weighted by atomic mass is 10.3. The molecule has 2 heterocycles. The largest absolute Gasteiger partial charge is 0.461 e. The second kappa shape index (κ2) is 6.11. The van der Waals surface area contributed by atoms with E-state index < -0.39 is 33.1 Å². The molecular formula is C11H7ClF5N3O2S. The van der Waals surface area contributed by atoms with Crippen molar-refractivity contribution in [1.82, 2.24) is 14.6 Å². The van der Waals surface area contributed by atoms with Gasteiger partial charge >= 0.3 is 17.4 Å². The molecule has 2 rings (SSSR count). The molecule has 0 N–H and O–H groups in total. The number of fused-ring (bicyclic) bond motifs is 1. The second-order valence-electron chi connectivity index (χ2n) is 4.09. The molecule has 0 aliphatic carbocycles. The maximum absolute atomic E-state index is 13.7. The van der Waals surface area contributed by atoms with Gasteiger partial charge in [0.25, 0.3) is 0 Å². The maximum atomic E-state index is 13.7. The molecule has 0 bridgehead atoms. The van der Waals surface area contributed by atoms with E-state index in [0.29, 0.717) is 16.7 Å². The lowest BCUT2D eigenvalue weighted by Gasteiger charge is -2.13. The van der Waals surface area contributed by atoms with Crippen LogP contribution in [0.3, 0.4) is 0 Å². The quantitative estimate of drug-likeness (QED) is 0.464. The van der Waals surface area contributed by atoms with Crippen LogP contribution in [0.15, 0.2) is 17.4 Å². The Morgan fingerprint density at radius 1 is 1.35 bits per heavy atom. The summed E-state index contributed by atoms with van der Waals surface area (Å²) < 4.78 is 70.5. The van der Waals surface area contributed by atoms with Crippen LogP contribution >= 0.6 is 23.4 Å². The van der Waals surface area contributed by atoms with Gasteiger partial charge in [0, 0.05) is 18.0 Å². The number of esters is 1. The minimum Gasteiger partial charge on any atom is -0.461 e. The van der Waals surface area contributed by atoms with E-state index in [9.17, 15) is 26.7 Å². The van der Waals surface area contributed by atoms with Crippen molar-refractivity contribution < 1.29 is 31.5 Å². The number of alkyl halides is 5. The minimum atomic E-state index is -4.74. The summed E-state index contributed by atoms with van der Waals surface area (Å²) in [6.45, 7) is 1.06. The lowest BCUT2D eigenvalue weighted by Crippen LogP contribution is -2.27. The summed E-state index contributed by atoms with van der Waals surface area (Å²) in [4.78, 5) is 11.2. The molecule has 5 nitrogen and oxygen atoms in total. The first-order chi connectivity index (χ1) is 10.6. The van der Waals surface area contributed by atoms with E-state index in [0.717, 1.165) is 0 Å². The van der Waals surface area contributed by atoms with Gasteiger partial charge in [0.15, 0.2) is 5.65 Å². The van der Waals surface area contributed by atoms with Crippen molar-refractivity contribution in [1.29, 1.82) is 0 Å². The first-order valence-corrected chi connectivity index (χ1v) is 7.11. The number of hydrogen-bond donors (Lipinski definition) is 0. The van der Waals surface area contributed by atoms with E-state index in [1.807, 2.05) is 0 Å². The number of aromatic nitrogens is 3. The summed E-state index contributed by atoms with van der Waals surface area (Å²) in [6.07, 6.45) is -4.22. The lowest BCUT2D eigenvalue weighted by molar-refractivity contribution is -0.159. The highest BCUT2D eigenvalue weighted by Gasteiger charge is 2.44. The smallest absolute Gasteiger partial charge is 0.417 e. The molecule has 0 spiro atoms. The van der Waals surface area contributed by atoms with Gasteiger partial charge in [0.1, 0.15) is 0 Å². The van der Waals surface area contributed by atoms with Crippen LogP contribution in [0.2, 0.25) is 5.02 Å². The summed E-state index contributed by atoms with van der Waals surface area (Å²) >= 11 is 5.27. The van der Waals surface area contributed by atoms with Crippen molar-refractivity contribution in [2.75, 3.05) is 6.61 Å². The predicted molar refractivity (Wildman–Crippen MR) is 70.4 cm³/mol. The van der Waals surface area contributed by atoms with Crippen LogP contribution in [0.4, 0.5) is 22.0 Å². The van der Waals surface area contributed by atoms with Crippen molar-refractivity contribution in [3.05, 3.63) is 22.8 Å². The van der Waals surface area contributed by atoms with Gasteiger partial charge in [-0.1, -0.05) is 11.6 Å². The number of carbonyl (C=O) groups is 1. The molecule has 2 aromatic rings. The van der Waals surface area contributed by atoms with Crippen molar-refractivity contribution >= 4 is 35.0 Å². The summed E-state index contributed by atoms with van der Waals surface area (Å²) in [7, 11) is 0. The third-order valence-corrected chi connectivity index (χ3v) is 3.65. The fourth-order valence-electron chi connectivity index (χ4n) is 1.53. The van der Waals surface area contributed by atoms with E-state index in [2.05, 4.69) is 14.9 Å². The minimum absolute atomic E-state index is 0.248. The van der Waals surface area contributed by atoms with Gasteiger partial charge in [-0.25, -0.2) is 4.79 Å². The fourth-order valence-corrected chi connectivity index (χ4v) is 2.47. The highest BCUT2D eigenvalue weighted by Crippen LogP contribution is 2.38. The molecule has 0 radical (unpaired) electrons. The number of rotatable bonds is 4. The molecular weight excluding hydrogens is 369 g/mol. The van der Waals surface area contributed by atoms with Crippen LogP contribution < -0.4 is 0 Å². The number of hydrogen-bond acceptors (Lipinski definition) is 5. The van der Waals surface area contributed by atoms with Crippen molar-refractivity contribution in [3.8, 4) is 0 Å². The SMILES string of the molecule is CCOC(=O)C(F)(F)Sc1nnc2c(Cl)cc(C(F)(F)F)cn12. The fraction of sp³-hybridized carbons (Fsp3) is 0.364. The van der Waals surface area contributed by atoms with E-state index in [-0.39, 0.29) is 24.0 Å². The van der Waals surface area contributed by atoms with Crippen LogP contribution in [0.25, 0.3) is 5.65 Å². The normalized spacial score (nSPS) is 12.7. The van der Waals surface area contributed by atoms with Crippen LogP contribution in [-0.4, -0.2) is 32.4 Å². The standard InChI is InChI=1S/C11H7ClF5N3O2S/c1-2-22-8(21)11(16,17)23-9-19-18-7-6(12)3-5(4-20(7)9)10(13,14)15/h3-4H,2H2,1H3. The Labute approximate surface area is 134 Å². The van der Waals surface area contributed by atoms with Crippen molar-refractivity contribution in [2.24, 2.45) is 0 Å².